The van der Waals surface area contributed by atoms with Crippen LogP contribution in [0.15, 0.2) is 34.9 Å². The third kappa shape index (κ3) is 5.57. The predicted octanol–water partition coefficient (Wildman–Crippen LogP) is 4.91. The number of hydrogen-bond donors (Lipinski definition) is 1. The number of methoxy groups -OCH3 is 1. The number of benzene rings is 1. The van der Waals surface area contributed by atoms with E-state index in [1.807, 2.05) is 25.5 Å². The van der Waals surface area contributed by atoms with Crippen LogP contribution in [0.25, 0.3) is 22.1 Å². The van der Waals surface area contributed by atoms with Gasteiger partial charge in [-0.05, 0) is 43.5 Å². The van der Waals surface area contributed by atoms with Crippen LogP contribution in [-0.4, -0.2) is 63.5 Å². The molecule has 1 fully saturated rings. The Kier molecular flexibility index (Phi) is 7.16. The molecular weight excluding hydrogens is 543 g/mol. The molecule has 5 rings (SSSR count). The molecule has 1 aliphatic heterocycles. The SMILES string of the molecule is COc1cc(C(=O)N2CCC[C@@H](OC(N)=O)C2)cc2nc(C(C)(C)Cc3cc4ccoc4n3CC(F)(F)F)n(C)c12. The van der Waals surface area contributed by atoms with Crippen LogP contribution >= 0.6 is 0 Å². The first-order valence-corrected chi connectivity index (χ1v) is 13.2. The molecule has 10 nitrogen and oxygen atoms in total. The number of ether oxygens (including phenoxy) is 2. The number of nitrogens with zero attached hydrogens (tertiary/aromatic N) is 4. The number of carbonyl (C=O) groups is 2. The van der Waals surface area contributed by atoms with Crippen molar-refractivity contribution >= 4 is 34.1 Å². The van der Waals surface area contributed by atoms with Gasteiger partial charge in [-0.1, -0.05) is 13.8 Å². The van der Waals surface area contributed by atoms with Gasteiger partial charge in [-0.2, -0.15) is 13.2 Å². The fourth-order valence-corrected chi connectivity index (χ4v) is 5.82. The number of furan rings is 1. The monoisotopic (exact) mass is 575 g/mol. The van der Waals surface area contributed by atoms with E-state index in [2.05, 4.69) is 0 Å². The van der Waals surface area contributed by atoms with Gasteiger partial charge in [0.05, 0.1) is 25.4 Å². The highest BCUT2D eigenvalue weighted by Gasteiger charge is 2.35. The Morgan fingerprint density at radius 1 is 1.22 bits per heavy atom. The van der Waals surface area contributed by atoms with E-state index in [1.165, 1.54) is 13.4 Å². The van der Waals surface area contributed by atoms with Crippen molar-refractivity contribution in [1.29, 1.82) is 0 Å². The van der Waals surface area contributed by atoms with Crippen molar-refractivity contribution in [2.75, 3.05) is 20.2 Å². The Balaban J connectivity index is 1.49. The van der Waals surface area contributed by atoms with Gasteiger partial charge in [0.25, 0.3) is 5.91 Å². The molecule has 0 spiro atoms. The van der Waals surface area contributed by atoms with Crippen LogP contribution in [0.5, 0.6) is 5.75 Å². The molecular formula is C28H32F3N5O5. The number of likely N-dealkylation sites (tertiary alicyclic amines) is 1. The molecule has 220 valence electrons. The quantitative estimate of drug-likeness (QED) is 0.335. The molecule has 1 saturated heterocycles. The summed E-state index contributed by atoms with van der Waals surface area (Å²) in [6.45, 7) is 3.37. The molecule has 2 N–H and O–H groups in total. The van der Waals surface area contributed by atoms with Crippen molar-refractivity contribution in [1.82, 2.24) is 19.0 Å². The maximum absolute atomic E-state index is 13.4. The van der Waals surface area contributed by atoms with Crippen molar-refractivity contribution < 1.29 is 36.7 Å². The van der Waals surface area contributed by atoms with Gasteiger partial charge in [0.15, 0.2) is 0 Å². The van der Waals surface area contributed by atoms with E-state index in [1.54, 1.807) is 29.2 Å². The highest BCUT2D eigenvalue weighted by atomic mass is 19.4. The third-order valence-corrected chi connectivity index (χ3v) is 7.50. The Labute approximate surface area is 233 Å². The van der Waals surface area contributed by atoms with Gasteiger partial charge in [0.2, 0.25) is 5.71 Å². The summed E-state index contributed by atoms with van der Waals surface area (Å²) < 4.78 is 59.5. The normalized spacial score (nSPS) is 16.5. The number of fused-ring (bicyclic) bond motifs is 2. The van der Waals surface area contributed by atoms with E-state index in [4.69, 9.17) is 24.6 Å². The van der Waals surface area contributed by atoms with Crippen LogP contribution in [0, 0.1) is 0 Å². The maximum Gasteiger partial charge on any atom is 0.406 e. The van der Waals surface area contributed by atoms with E-state index in [9.17, 15) is 22.8 Å². The minimum absolute atomic E-state index is 0.170. The van der Waals surface area contributed by atoms with E-state index < -0.39 is 30.3 Å². The summed E-state index contributed by atoms with van der Waals surface area (Å²) in [7, 11) is 3.31. The lowest BCUT2D eigenvalue weighted by atomic mass is 9.86. The molecule has 0 aliphatic carbocycles. The van der Waals surface area contributed by atoms with Gasteiger partial charge in [0.1, 0.15) is 29.7 Å². The Morgan fingerprint density at radius 2 is 1.98 bits per heavy atom. The molecule has 1 aromatic carbocycles. The number of imidazole rings is 1. The molecule has 0 radical (unpaired) electrons. The van der Waals surface area contributed by atoms with Crippen molar-refractivity contribution in [3.63, 3.8) is 0 Å². The minimum atomic E-state index is -4.42. The molecule has 4 aromatic rings. The smallest absolute Gasteiger partial charge is 0.406 e. The Morgan fingerprint density at radius 3 is 2.66 bits per heavy atom. The van der Waals surface area contributed by atoms with Crippen molar-refractivity contribution in [3.8, 4) is 5.75 Å². The highest BCUT2D eigenvalue weighted by Crippen LogP contribution is 2.36. The van der Waals surface area contributed by atoms with Crippen LogP contribution in [-0.2, 0) is 30.2 Å². The van der Waals surface area contributed by atoms with Gasteiger partial charge < -0.3 is 33.7 Å². The second-order valence-electron chi connectivity index (χ2n) is 11.1. The molecule has 2 amide bonds. The lowest BCUT2D eigenvalue weighted by molar-refractivity contribution is -0.140. The standard InChI is InChI=1S/C28H32F3N5O5/c1-27(2,13-18-10-16-7-9-40-24(16)36(18)15-28(29,30)31)25-33-20-11-17(12-21(39-4)22(20)34(25)3)23(37)35-8-5-6-19(14-35)41-26(32)38/h7,9-12,19H,5-6,8,13-15H2,1-4H3,(H2,32,38)/t19-/m1/s1. The number of aryl methyl sites for hydroxylation is 1. The third-order valence-electron chi connectivity index (χ3n) is 7.50. The van der Waals surface area contributed by atoms with E-state index in [-0.39, 0.29) is 24.6 Å². The molecule has 13 heteroatoms. The second-order valence-corrected chi connectivity index (χ2v) is 11.1. The number of aromatic nitrogens is 3. The van der Waals surface area contributed by atoms with E-state index in [0.29, 0.717) is 58.6 Å². The summed E-state index contributed by atoms with van der Waals surface area (Å²) in [6, 6.07) is 6.67. The molecule has 41 heavy (non-hydrogen) atoms. The Bertz CT molecular complexity index is 1620. The largest absolute Gasteiger partial charge is 0.494 e. The topological polar surface area (TPSA) is 118 Å². The molecule has 0 saturated carbocycles. The number of carbonyl (C=O) groups excluding carboxylic acids is 2. The van der Waals surface area contributed by atoms with Crippen molar-refractivity contribution in [3.05, 3.63) is 47.6 Å². The molecule has 0 unspecified atom stereocenters. The zero-order chi connectivity index (χ0) is 29.7. The van der Waals surface area contributed by atoms with Gasteiger partial charge in [-0.3, -0.25) is 4.79 Å². The number of hydrogen-bond acceptors (Lipinski definition) is 6. The van der Waals surface area contributed by atoms with Crippen LogP contribution in [0.2, 0.25) is 0 Å². The zero-order valence-electron chi connectivity index (χ0n) is 23.2. The number of amides is 2. The van der Waals surface area contributed by atoms with Crippen LogP contribution < -0.4 is 10.5 Å². The first kappa shape index (κ1) is 28.4. The van der Waals surface area contributed by atoms with Gasteiger partial charge in [-0.25, -0.2) is 9.78 Å². The zero-order valence-corrected chi connectivity index (χ0v) is 23.2. The van der Waals surface area contributed by atoms with Crippen molar-refractivity contribution in [2.45, 2.75) is 57.3 Å². The summed E-state index contributed by atoms with van der Waals surface area (Å²) in [6.07, 6.45) is -2.89. The molecule has 4 heterocycles. The number of rotatable bonds is 7. The van der Waals surface area contributed by atoms with Crippen molar-refractivity contribution in [2.24, 2.45) is 12.8 Å². The van der Waals surface area contributed by atoms with Gasteiger partial charge in [0, 0.05) is 35.7 Å². The van der Waals surface area contributed by atoms with Crippen LogP contribution in [0.3, 0.4) is 0 Å². The highest BCUT2D eigenvalue weighted by molar-refractivity contribution is 5.99. The summed E-state index contributed by atoms with van der Waals surface area (Å²) in [5.41, 5.74) is 6.61. The van der Waals surface area contributed by atoms with Crippen LogP contribution in [0.4, 0.5) is 18.0 Å². The maximum atomic E-state index is 13.4. The van der Waals surface area contributed by atoms with E-state index >= 15 is 0 Å². The average Bonchev–Trinajstić information content (AvgIpc) is 3.57. The summed E-state index contributed by atoms with van der Waals surface area (Å²) in [5.74, 6) is 0.782. The molecule has 0 bridgehead atoms. The van der Waals surface area contributed by atoms with Gasteiger partial charge in [-0.15, -0.1) is 0 Å². The Hall–Kier alpha value is -4.16. The number of piperidine rings is 1. The number of primary amides is 1. The van der Waals surface area contributed by atoms with Gasteiger partial charge >= 0.3 is 12.3 Å². The molecule has 1 aliphatic rings. The van der Waals surface area contributed by atoms with Crippen LogP contribution in [0.1, 0.15) is 48.6 Å². The lowest BCUT2D eigenvalue weighted by Gasteiger charge is -2.32. The predicted molar refractivity (Wildman–Crippen MR) is 144 cm³/mol. The fourth-order valence-electron chi connectivity index (χ4n) is 5.82. The first-order valence-electron chi connectivity index (χ1n) is 13.2. The number of alkyl halides is 3. The molecule has 1 atom stereocenters. The summed E-state index contributed by atoms with van der Waals surface area (Å²) in [5, 5.41) is 0.594. The summed E-state index contributed by atoms with van der Waals surface area (Å²) >= 11 is 0. The molecule has 3 aromatic heterocycles. The fraction of sp³-hybridized carbons (Fsp3) is 0.464. The van der Waals surface area contributed by atoms with E-state index in [0.717, 1.165) is 4.57 Å². The minimum Gasteiger partial charge on any atom is -0.494 e. The average molecular weight is 576 g/mol. The summed E-state index contributed by atoms with van der Waals surface area (Å²) in [4.78, 5) is 31.1. The second kappa shape index (κ2) is 10.3. The first-order chi connectivity index (χ1) is 19.3. The number of nitrogens with two attached hydrogens (primary N) is 1. The lowest BCUT2D eigenvalue weighted by Crippen LogP contribution is -2.44. The number of halogens is 3.